The Kier molecular flexibility index (Phi) is 5.00. The largest absolute Gasteiger partial charge is 0.478 e. The standard InChI is InChI=1S/C12H16N2O3/c1-2-3-8-13-12(17)14-10-7-5-4-6-9(10)11(15)16/h4-7H,2-3,8H2,1H3,(H,15,16)(H2,13,14,17). The van der Waals surface area contributed by atoms with Gasteiger partial charge in [-0.05, 0) is 18.6 Å². The fourth-order valence-electron chi connectivity index (χ4n) is 1.32. The van der Waals surface area contributed by atoms with E-state index in [2.05, 4.69) is 10.6 Å². The SMILES string of the molecule is CCCCNC(=O)Nc1ccccc1C(=O)O. The molecule has 0 fully saturated rings. The average Bonchev–Trinajstić information content (AvgIpc) is 2.29. The molecular weight excluding hydrogens is 220 g/mol. The number of carboxylic acid groups (broad SMARTS) is 1. The molecule has 2 amide bonds. The van der Waals surface area contributed by atoms with Crippen molar-refractivity contribution in [1.82, 2.24) is 5.32 Å². The van der Waals surface area contributed by atoms with Crippen molar-refractivity contribution in [1.29, 1.82) is 0 Å². The number of amides is 2. The second kappa shape index (κ2) is 6.52. The van der Waals surface area contributed by atoms with Crippen LogP contribution < -0.4 is 10.6 Å². The van der Waals surface area contributed by atoms with Gasteiger partial charge >= 0.3 is 12.0 Å². The van der Waals surface area contributed by atoms with Crippen LogP contribution in [0.1, 0.15) is 30.1 Å². The molecule has 0 radical (unpaired) electrons. The molecule has 5 nitrogen and oxygen atoms in total. The molecule has 92 valence electrons. The Morgan fingerprint density at radius 3 is 2.65 bits per heavy atom. The molecule has 0 bridgehead atoms. The number of anilines is 1. The van der Waals surface area contributed by atoms with E-state index >= 15 is 0 Å². The van der Waals surface area contributed by atoms with Crippen LogP contribution >= 0.6 is 0 Å². The molecule has 0 heterocycles. The minimum atomic E-state index is -1.06. The van der Waals surface area contributed by atoms with Crippen molar-refractivity contribution < 1.29 is 14.7 Å². The average molecular weight is 236 g/mol. The van der Waals surface area contributed by atoms with E-state index in [-0.39, 0.29) is 11.6 Å². The van der Waals surface area contributed by atoms with Gasteiger partial charge in [-0.25, -0.2) is 9.59 Å². The summed E-state index contributed by atoms with van der Waals surface area (Å²) in [7, 11) is 0. The van der Waals surface area contributed by atoms with E-state index in [1.165, 1.54) is 6.07 Å². The predicted molar refractivity (Wildman–Crippen MR) is 65.3 cm³/mol. The molecule has 0 aliphatic carbocycles. The fraction of sp³-hybridized carbons (Fsp3) is 0.333. The van der Waals surface area contributed by atoms with E-state index in [4.69, 9.17) is 5.11 Å². The van der Waals surface area contributed by atoms with Crippen molar-refractivity contribution in [2.75, 3.05) is 11.9 Å². The molecule has 0 saturated heterocycles. The molecule has 17 heavy (non-hydrogen) atoms. The predicted octanol–water partition coefficient (Wildman–Crippen LogP) is 2.31. The van der Waals surface area contributed by atoms with E-state index < -0.39 is 5.97 Å². The fourth-order valence-corrected chi connectivity index (χ4v) is 1.32. The number of carbonyl (C=O) groups excluding carboxylic acids is 1. The summed E-state index contributed by atoms with van der Waals surface area (Å²) in [6.45, 7) is 2.61. The Morgan fingerprint density at radius 2 is 2.00 bits per heavy atom. The zero-order chi connectivity index (χ0) is 12.7. The number of nitrogens with one attached hydrogen (secondary N) is 2. The van der Waals surface area contributed by atoms with E-state index in [9.17, 15) is 9.59 Å². The van der Waals surface area contributed by atoms with Crippen LogP contribution in [0.4, 0.5) is 10.5 Å². The van der Waals surface area contributed by atoms with Crippen LogP contribution in [0.25, 0.3) is 0 Å². The normalized spacial score (nSPS) is 9.71. The molecule has 0 aliphatic rings. The minimum absolute atomic E-state index is 0.0816. The molecule has 3 N–H and O–H groups in total. The number of aromatic carboxylic acids is 1. The van der Waals surface area contributed by atoms with Crippen molar-refractivity contribution >= 4 is 17.7 Å². The molecule has 1 rings (SSSR count). The van der Waals surface area contributed by atoms with Gasteiger partial charge < -0.3 is 15.7 Å². The van der Waals surface area contributed by atoms with Crippen molar-refractivity contribution in [3.63, 3.8) is 0 Å². The number of hydrogen-bond acceptors (Lipinski definition) is 2. The number of rotatable bonds is 5. The van der Waals surface area contributed by atoms with Crippen LogP contribution in [-0.4, -0.2) is 23.7 Å². The summed E-state index contributed by atoms with van der Waals surface area (Å²) in [4.78, 5) is 22.3. The maximum Gasteiger partial charge on any atom is 0.337 e. The zero-order valence-electron chi connectivity index (χ0n) is 9.69. The van der Waals surface area contributed by atoms with Crippen LogP contribution in [0.2, 0.25) is 0 Å². The molecule has 0 unspecified atom stereocenters. The maximum absolute atomic E-state index is 11.4. The molecule has 1 aromatic carbocycles. The van der Waals surface area contributed by atoms with Crippen LogP contribution in [0.5, 0.6) is 0 Å². The zero-order valence-corrected chi connectivity index (χ0v) is 9.69. The first kappa shape index (κ1) is 13.0. The summed E-state index contributed by atoms with van der Waals surface area (Å²) < 4.78 is 0. The number of hydrogen-bond donors (Lipinski definition) is 3. The molecule has 0 spiro atoms. The molecule has 5 heteroatoms. The number of carbonyl (C=O) groups is 2. The van der Waals surface area contributed by atoms with Crippen molar-refractivity contribution in [3.05, 3.63) is 29.8 Å². The summed E-state index contributed by atoms with van der Waals surface area (Å²) in [6.07, 6.45) is 1.89. The van der Waals surface area contributed by atoms with Crippen LogP contribution in [0, 0.1) is 0 Å². The first-order valence-corrected chi connectivity index (χ1v) is 5.52. The van der Waals surface area contributed by atoms with E-state index in [1.54, 1.807) is 18.2 Å². The van der Waals surface area contributed by atoms with Gasteiger partial charge in [0.2, 0.25) is 0 Å². The molecule has 0 aromatic heterocycles. The molecule has 0 saturated carbocycles. The summed E-state index contributed by atoms with van der Waals surface area (Å²) in [5.41, 5.74) is 0.382. The van der Waals surface area contributed by atoms with Gasteiger partial charge in [0.1, 0.15) is 0 Å². The Morgan fingerprint density at radius 1 is 1.29 bits per heavy atom. The maximum atomic E-state index is 11.4. The summed E-state index contributed by atoms with van der Waals surface area (Å²) in [5.74, 6) is -1.06. The molecule has 0 atom stereocenters. The third kappa shape index (κ3) is 4.14. The van der Waals surface area contributed by atoms with Crippen molar-refractivity contribution in [3.8, 4) is 0 Å². The number of carboxylic acids is 1. The third-order valence-electron chi connectivity index (χ3n) is 2.22. The van der Waals surface area contributed by atoms with Gasteiger partial charge in [-0.3, -0.25) is 0 Å². The Labute approximate surface area is 99.8 Å². The van der Waals surface area contributed by atoms with Gasteiger partial charge in [0.15, 0.2) is 0 Å². The highest BCUT2D eigenvalue weighted by atomic mass is 16.4. The van der Waals surface area contributed by atoms with Crippen LogP contribution in [0.15, 0.2) is 24.3 Å². The second-order valence-corrected chi connectivity index (χ2v) is 3.59. The van der Waals surface area contributed by atoms with Crippen molar-refractivity contribution in [2.24, 2.45) is 0 Å². The summed E-state index contributed by atoms with van der Waals surface area (Å²) in [5, 5.41) is 14.1. The highest BCUT2D eigenvalue weighted by molar-refractivity contribution is 5.99. The summed E-state index contributed by atoms with van der Waals surface area (Å²) >= 11 is 0. The summed E-state index contributed by atoms with van der Waals surface area (Å²) in [6, 6.07) is 5.91. The lowest BCUT2D eigenvalue weighted by Crippen LogP contribution is -2.30. The van der Waals surface area contributed by atoms with E-state index in [0.717, 1.165) is 12.8 Å². The quantitative estimate of drug-likeness (QED) is 0.686. The number of para-hydroxylation sites is 1. The second-order valence-electron chi connectivity index (χ2n) is 3.59. The first-order chi connectivity index (χ1) is 8.15. The Bertz CT molecular complexity index is 404. The number of unbranched alkanes of at least 4 members (excludes halogenated alkanes) is 1. The van der Waals surface area contributed by atoms with Gasteiger partial charge in [-0.1, -0.05) is 25.5 Å². The van der Waals surface area contributed by atoms with Gasteiger partial charge in [-0.15, -0.1) is 0 Å². The highest BCUT2D eigenvalue weighted by Crippen LogP contribution is 2.14. The molecular formula is C12H16N2O3. The minimum Gasteiger partial charge on any atom is -0.478 e. The topological polar surface area (TPSA) is 78.4 Å². The van der Waals surface area contributed by atoms with E-state index in [0.29, 0.717) is 12.2 Å². The highest BCUT2D eigenvalue weighted by Gasteiger charge is 2.10. The molecule has 1 aromatic rings. The van der Waals surface area contributed by atoms with E-state index in [1.807, 2.05) is 6.92 Å². The lowest BCUT2D eigenvalue weighted by molar-refractivity contribution is 0.0698. The Balaban J connectivity index is 2.61. The first-order valence-electron chi connectivity index (χ1n) is 5.52. The number of benzene rings is 1. The van der Waals surface area contributed by atoms with Gasteiger partial charge in [0.05, 0.1) is 11.3 Å². The third-order valence-corrected chi connectivity index (χ3v) is 2.22. The van der Waals surface area contributed by atoms with Crippen LogP contribution in [0.3, 0.4) is 0 Å². The smallest absolute Gasteiger partial charge is 0.337 e. The van der Waals surface area contributed by atoms with Gasteiger partial charge in [-0.2, -0.15) is 0 Å². The Hall–Kier alpha value is -2.04. The number of urea groups is 1. The monoisotopic (exact) mass is 236 g/mol. The lowest BCUT2D eigenvalue weighted by atomic mass is 10.2. The van der Waals surface area contributed by atoms with Gasteiger partial charge in [0, 0.05) is 6.54 Å². The lowest BCUT2D eigenvalue weighted by Gasteiger charge is -2.09. The van der Waals surface area contributed by atoms with Gasteiger partial charge in [0.25, 0.3) is 0 Å². The van der Waals surface area contributed by atoms with Crippen molar-refractivity contribution in [2.45, 2.75) is 19.8 Å². The molecule has 0 aliphatic heterocycles. The van der Waals surface area contributed by atoms with Crippen LogP contribution in [-0.2, 0) is 0 Å².